The molecule has 0 amide bonds. The first kappa shape index (κ1) is 55.0. The monoisotopic (exact) mass is 747 g/mol. The Hall–Kier alpha value is 0.637. The van der Waals surface area contributed by atoms with Gasteiger partial charge in [0, 0.05) is 140 Å². The molecule has 4 N–H and O–H groups in total. The van der Waals surface area contributed by atoms with Crippen molar-refractivity contribution in [2.45, 2.75) is 37.4 Å². The van der Waals surface area contributed by atoms with Gasteiger partial charge in [-0.25, -0.2) is 0 Å². The van der Waals surface area contributed by atoms with Crippen molar-refractivity contribution < 1.29 is 0 Å². The predicted octanol–water partition coefficient (Wildman–Crippen LogP) is -21.7. The van der Waals surface area contributed by atoms with Gasteiger partial charge in [-0.15, -0.1) is 0 Å². The van der Waals surface area contributed by atoms with Gasteiger partial charge in [-0.05, 0) is 53.6 Å². The van der Waals surface area contributed by atoms with Crippen LogP contribution in [0.25, 0.3) is 11.1 Å². The van der Waals surface area contributed by atoms with Crippen molar-refractivity contribution in [1.29, 1.82) is 0 Å². The Morgan fingerprint density at radius 1 is 0.400 bits per heavy atom. The molecule has 0 radical (unpaired) electrons. The highest BCUT2D eigenvalue weighted by molar-refractivity contribution is 8.29. The normalized spacial score (nSPS) is 14.2. The summed E-state index contributed by atoms with van der Waals surface area (Å²) in [5.74, 6) is 1.35. The summed E-state index contributed by atoms with van der Waals surface area (Å²) < 4.78 is 0. The van der Waals surface area contributed by atoms with E-state index in [0.717, 1.165) is 22.8 Å². The molecule has 0 atom stereocenters. The Kier molecular flexibility index (Phi) is 22.9. The van der Waals surface area contributed by atoms with Crippen LogP contribution in [0.15, 0.2) is 42.5 Å². The lowest BCUT2D eigenvalue weighted by molar-refractivity contribution is 0.442. The molecule has 2 nitrogen and oxygen atoms in total. The second-order valence-corrected chi connectivity index (χ2v) is 23.9. The summed E-state index contributed by atoms with van der Waals surface area (Å²) in [5, 5.41) is 0. The lowest BCUT2D eigenvalue weighted by atomic mass is 8.30. The third kappa shape index (κ3) is 13.8. The highest BCUT2D eigenvalue weighted by Gasteiger charge is 2.59. The maximum Gasteiger partial charge on any atom is 0.0594 e. The molecule has 0 unspecified atom stereocenters. The Balaban J connectivity index is 2.42. The molecule has 1 saturated carbocycles. The first-order valence-electron chi connectivity index (χ1n) is 25.7. The largest absolute Gasteiger partial charge is 0.399 e. The van der Waals surface area contributed by atoms with Crippen LogP contribution in [0, 0.1) is 0 Å². The first-order chi connectivity index (χ1) is 28.0. The molecule has 2 aromatic carbocycles. The van der Waals surface area contributed by atoms with Crippen LogP contribution in [0.4, 0.5) is 11.4 Å². The zero-order valence-electron chi connectivity index (χ0n) is 43.4. The minimum absolute atomic E-state index is 0.611. The molecule has 0 bridgehead atoms. The van der Waals surface area contributed by atoms with Crippen LogP contribution in [-0.4, -0.2) is 283 Å². The van der Waals surface area contributed by atoms with Crippen LogP contribution < -0.4 is 11.5 Å². The molecule has 42 heteroatoms. The van der Waals surface area contributed by atoms with Crippen LogP contribution in [0.2, 0.25) is 5.82 Å². The fraction of sp³-hybridized carbons (Fsp3) is 0.333. The molecule has 2 aromatic rings. The number of nitrogens with two attached hydrogens (primary N) is 2. The number of benzene rings is 2. The summed E-state index contributed by atoms with van der Waals surface area (Å²) in [6.07, 6.45) is 17.4. The molecule has 0 aromatic heterocycles. The highest BCUT2D eigenvalue weighted by Crippen LogP contribution is 2.43. The summed E-state index contributed by atoms with van der Waals surface area (Å²) in [6.45, 7) is 0.693. The molecule has 264 valence electrons. The number of hydrogen-bond acceptors (Lipinski definition) is 2. The van der Waals surface area contributed by atoms with Gasteiger partial charge in [0.1, 0.15) is 0 Å². The van der Waals surface area contributed by atoms with Gasteiger partial charge in [0.25, 0.3) is 0 Å². The van der Waals surface area contributed by atoms with Crippen molar-refractivity contribution >= 4 is 295 Å². The van der Waals surface area contributed by atoms with Gasteiger partial charge in [-0.2, -0.15) is 0 Å². The Bertz CT molecular complexity index is 1460. The maximum absolute atomic E-state index is 6.22. The van der Waals surface area contributed by atoms with E-state index in [1.54, 1.807) is 0 Å². The Morgan fingerprint density at radius 3 is 1.07 bits per heavy atom. The highest BCUT2D eigenvalue weighted by atomic mass is 14.6. The molecule has 3 rings (SSSR count). The zero-order valence-corrected chi connectivity index (χ0v) is 43.4. The second-order valence-electron chi connectivity index (χ2n) is 23.9. The average Bonchev–Trinajstić information content (AvgIpc) is 3.12. The van der Waals surface area contributed by atoms with Crippen LogP contribution in [0.1, 0.15) is 37.2 Å². The van der Waals surface area contributed by atoms with Gasteiger partial charge in [0.05, 0.1) is 155 Å². The van der Waals surface area contributed by atoms with Crippen LogP contribution in [-0.2, 0) is 0 Å². The second kappa shape index (κ2) is 25.0. The Labute approximate surface area is 399 Å². The summed E-state index contributed by atoms with van der Waals surface area (Å²) >= 11 is 0. The van der Waals surface area contributed by atoms with E-state index in [4.69, 9.17) is 11.5 Å². The lowest BCUT2D eigenvalue weighted by Gasteiger charge is -2.55. The first-order valence-corrected chi connectivity index (χ1v) is 25.7. The van der Waals surface area contributed by atoms with Gasteiger partial charge < -0.3 is 11.5 Å². The minimum atomic E-state index is 0.611. The Morgan fingerprint density at radius 2 is 0.733 bits per heavy atom. The molecular weight excluding hydrogens is 677 g/mol. The predicted molar refractivity (Wildman–Crippen MR) is 373 cm³/mol. The molecule has 1 fully saturated rings. The third-order valence-corrected chi connectivity index (χ3v) is 16.8. The third-order valence-electron chi connectivity index (χ3n) is 16.8. The fourth-order valence-electron chi connectivity index (χ4n) is 15.2. The van der Waals surface area contributed by atoms with Crippen molar-refractivity contribution in [3.05, 3.63) is 48.0 Å². The summed E-state index contributed by atoms with van der Waals surface area (Å²) in [7, 11) is 53.3. The molecular formula is C18H62B40N2. The van der Waals surface area contributed by atoms with E-state index in [1.165, 1.54) is 43.9 Å². The van der Waals surface area contributed by atoms with Crippen molar-refractivity contribution in [3.8, 4) is 11.1 Å². The van der Waals surface area contributed by atoms with E-state index in [9.17, 15) is 0 Å². The van der Waals surface area contributed by atoms with Gasteiger partial charge in [0.2, 0.25) is 0 Å². The van der Waals surface area contributed by atoms with Crippen LogP contribution >= 0.6 is 0 Å². The van der Waals surface area contributed by atoms with Crippen molar-refractivity contribution in [1.82, 2.24) is 0 Å². The van der Waals surface area contributed by atoms with Gasteiger partial charge >= 0.3 is 0 Å². The summed E-state index contributed by atoms with van der Waals surface area (Å²) in [6, 6.07) is 15.4. The number of rotatable bonds is 22. The minimum Gasteiger partial charge on any atom is -0.399 e. The van der Waals surface area contributed by atoms with Gasteiger partial charge in [0.15, 0.2) is 0 Å². The van der Waals surface area contributed by atoms with E-state index >= 15 is 0 Å². The van der Waals surface area contributed by atoms with Crippen molar-refractivity contribution in [2.24, 2.45) is 0 Å². The quantitative estimate of drug-likeness (QED) is 0.0933. The van der Waals surface area contributed by atoms with E-state index in [2.05, 4.69) is 191 Å². The summed E-state index contributed by atoms with van der Waals surface area (Å²) in [4.78, 5) is 0. The fourth-order valence-corrected chi connectivity index (χ4v) is 15.2. The number of nitrogen functional groups attached to an aromatic ring is 2. The van der Waals surface area contributed by atoms with Crippen molar-refractivity contribution in [3.63, 3.8) is 0 Å². The number of hydrogen-bond donors (Lipinski definition) is 2. The molecule has 0 spiro atoms. The SMILES string of the molecule is BBB(B)B(B(B)B)B(B(B(B(B)B)B(B)B)B(B(B)B)B(B)B)B(B(B(B(B)B)B(B)B)B(B(B)B)B(B)B)C1CCC(c2ccc(-c3cc(N)cc(N)c3)cc2)CC1. The molecule has 60 heavy (non-hydrogen) atoms. The van der Waals surface area contributed by atoms with E-state index in [0.29, 0.717) is 127 Å². The standard InChI is InChI=1S/C18H62B40N2/c19-39-50(38)57(49(36)37)52(58(55(45(28)29)46(30)31)56(47(32)33)48(34)35)40(51(53(41(20)21)42(22)23)54(43(24)25)44(26)27)16-7-5-13(6-8-16)12-1-3-14(4-2-12)15-9-17(59)11-18(60)10-15/h1-4,9-11,13,16,39H,5-8,19-38,59-60H2. The lowest BCUT2D eigenvalue weighted by Crippen LogP contribution is -2.91. The van der Waals surface area contributed by atoms with E-state index in [-0.39, 0.29) is 0 Å². The van der Waals surface area contributed by atoms with Gasteiger partial charge in [-0.1, -0.05) is 42.9 Å². The van der Waals surface area contributed by atoms with Gasteiger partial charge in [-0.3, -0.25) is 0 Å². The molecule has 1 aliphatic carbocycles. The van der Waals surface area contributed by atoms with E-state index in [1.807, 2.05) is 6.07 Å². The van der Waals surface area contributed by atoms with Crippen molar-refractivity contribution in [2.75, 3.05) is 11.5 Å². The van der Waals surface area contributed by atoms with Crippen LogP contribution in [0.3, 0.4) is 0 Å². The molecule has 0 aliphatic heterocycles. The molecule has 1 aliphatic rings. The number of anilines is 2. The zero-order chi connectivity index (χ0) is 45.5. The molecule has 0 heterocycles. The topological polar surface area (TPSA) is 52.0 Å². The van der Waals surface area contributed by atoms with E-state index < -0.39 is 0 Å². The maximum atomic E-state index is 6.22. The summed E-state index contributed by atoms with van der Waals surface area (Å²) in [5.41, 5.74) is 17.7. The van der Waals surface area contributed by atoms with Crippen LogP contribution in [0.5, 0.6) is 0 Å². The molecule has 0 saturated heterocycles. The smallest absolute Gasteiger partial charge is 0.0594 e. The average molecular weight is 739 g/mol.